The molecular formula is C21H30N2O4. The number of rotatable bonds is 10. The molecule has 6 heteroatoms. The molecule has 27 heavy (non-hydrogen) atoms. The van der Waals surface area contributed by atoms with Crippen LogP contribution in [-0.2, 0) is 20.9 Å². The van der Waals surface area contributed by atoms with Gasteiger partial charge in [-0.3, -0.25) is 14.4 Å². The third-order valence-electron chi connectivity index (χ3n) is 4.98. The van der Waals surface area contributed by atoms with Crippen LogP contribution in [0.5, 0.6) is 0 Å². The van der Waals surface area contributed by atoms with Crippen LogP contribution in [0.1, 0.15) is 57.4 Å². The van der Waals surface area contributed by atoms with E-state index >= 15 is 0 Å². The highest BCUT2D eigenvalue weighted by Crippen LogP contribution is 2.24. The molecule has 1 fully saturated rings. The fourth-order valence-corrected chi connectivity index (χ4v) is 3.51. The molecule has 1 atom stereocenters. The standard InChI is InChI=1S/C21H30N2O4/c1-16(22-21(27)18-10-5-6-11-18)14-19(24)23(13-7-12-20(25)26)15-17-8-3-2-4-9-17/h2-4,8-9,16,18H,5-7,10-15H2,1H3,(H,22,27)(H,25,26). The monoisotopic (exact) mass is 374 g/mol. The van der Waals surface area contributed by atoms with E-state index in [2.05, 4.69) is 5.32 Å². The van der Waals surface area contributed by atoms with Crippen molar-refractivity contribution in [2.45, 2.75) is 64.5 Å². The van der Waals surface area contributed by atoms with Crippen LogP contribution in [0.4, 0.5) is 0 Å². The molecule has 0 heterocycles. The summed E-state index contributed by atoms with van der Waals surface area (Å²) in [6.07, 6.45) is 4.73. The molecule has 148 valence electrons. The topological polar surface area (TPSA) is 86.7 Å². The maximum absolute atomic E-state index is 12.8. The lowest BCUT2D eigenvalue weighted by Gasteiger charge is -2.25. The van der Waals surface area contributed by atoms with Gasteiger partial charge >= 0.3 is 5.97 Å². The first kappa shape index (κ1) is 20.9. The first-order chi connectivity index (χ1) is 13.0. The molecule has 0 aliphatic heterocycles. The summed E-state index contributed by atoms with van der Waals surface area (Å²) in [4.78, 5) is 37.5. The number of carbonyl (C=O) groups is 3. The van der Waals surface area contributed by atoms with Gasteiger partial charge in [0.1, 0.15) is 0 Å². The summed E-state index contributed by atoms with van der Waals surface area (Å²) < 4.78 is 0. The van der Waals surface area contributed by atoms with Crippen LogP contribution in [0.15, 0.2) is 30.3 Å². The Hall–Kier alpha value is -2.37. The highest BCUT2D eigenvalue weighted by atomic mass is 16.4. The predicted octanol–water partition coefficient (Wildman–Crippen LogP) is 2.97. The largest absolute Gasteiger partial charge is 0.481 e. The Morgan fingerprint density at radius 3 is 2.48 bits per heavy atom. The van der Waals surface area contributed by atoms with Crippen molar-refractivity contribution in [3.8, 4) is 0 Å². The van der Waals surface area contributed by atoms with Gasteiger partial charge in [0.15, 0.2) is 0 Å². The van der Waals surface area contributed by atoms with Crippen LogP contribution in [0.25, 0.3) is 0 Å². The maximum atomic E-state index is 12.8. The maximum Gasteiger partial charge on any atom is 0.303 e. The molecule has 1 aromatic carbocycles. The number of hydrogen-bond acceptors (Lipinski definition) is 3. The quantitative estimate of drug-likeness (QED) is 0.659. The van der Waals surface area contributed by atoms with Gasteiger partial charge in [0.25, 0.3) is 0 Å². The number of carboxylic acid groups (broad SMARTS) is 1. The number of nitrogens with zero attached hydrogens (tertiary/aromatic N) is 1. The van der Waals surface area contributed by atoms with E-state index in [0.717, 1.165) is 31.2 Å². The van der Waals surface area contributed by atoms with Gasteiger partial charge in [-0.2, -0.15) is 0 Å². The van der Waals surface area contributed by atoms with Gasteiger partial charge in [0.05, 0.1) is 0 Å². The lowest BCUT2D eigenvalue weighted by Crippen LogP contribution is -2.41. The fraction of sp³-hybridized carbons (Fsp3) is 0.571. The van der Waals surface area contributed by atoms with Crippen molar-refractivity contribution in [1.82, 2.24) is 10.2 Å². The Morgan fingerprint density at radius 2 is 1.85 bits per heavy atom. The van der Waals surface area contributed by atoms with Crippen LogP contribution in [0.2, 0.25) is 0 Å². The van der Waals surface area contributed by atoms with Crippen molar-refractivity contribution < 1.29 is 19.5 Å². The smallest absolute Gasteiger partial charge is 0.303 e. The highest BCUT2D eigenvalue weighted by Gasteiger charge is 2.25. The molecule has 0 radical (unpaired) electrons. The number of nitrogens with one attached hydrogen (secondary N) is 1. The lowest BCUT2D eigenvalue weighted by molar-refractivity contribution is -0.138. The first-order valence-electron chi connectivity index (χ1n) is 9.79. The highest BCUT2D eigenvalue weighted by molar-refractivity contribution is 5.81. The normalized spacial score (nSPS) is 15.3. The van der Waals surface area contributed by atoms with E-state index in [9.17, 15) is 14.4 Å². The number of amides is 2. The lowest BCUT2D eigenvalue weighted by atomic mass is 10.1. The van der Waals surface area contributed by atoms with Gasteiger partial charge in [0.2, 0.25) is 11.8 Å². The van der Waals surface area contributed by atoms with E-state index < -0.39 is 5.97 Å². The second-order valence-electron chi connectivity index (χ2n) is 7.39. The van der Waals surface area contributed by atoms with Crippen molar-refractivity contribution in [3.05, 3.63) is 35.9 Å². The Labute approximate surface area is 160 Å². The summed E-state index contributed by atoms with van der Waals surface area (Å²) in [6, 6.07) is 9.41. The van der Waals surface area contributed by atoms with E-state index in [1.165, 1.54) is 0 Å². The summed E-state index contributed by atoms with van der Waals surface area (Å²) >= 11 is 0. The molecular weight excluding hydrogens is 344 g/mol. The second-order valence-corrected chi connectivity index (χ2v) is 7.39. The van der Waals surface area contributed by atoms with Crippen molar-refractivity contribution in [1.29, 1.82) is 0 Å². The minimum Gasteiger partial charge on any atom is -0.481 e. The third kappa shape index (κ3) is 7.41. The Kier molecular flexibility index (Phi) is 8.30. The molecule has 1 aromatic rings. The molecule has 1 saturated carbocycles. The van der Waals surface area contributed by atoms with Crippen molar-refractivity contribution in [2.75, 3.05) is 6.54 Å². The van der Waals surface area contributed by atoms with E-state index in [1.807, 2.05) is 37.3 Å². The molecule has 0 spiro atoms. The van der Waals surface area contributed by atoms with Crippen molar-refractivity contribution >= 4 is 17.8 Å². The summed E-state index contributed by atoms with van der Waals surface area (Å²) in [6.45, 7) is 2.69. The number of carbonyl (C=O) groups excluding carboxylic acids is 2. The van der Waals surface area contributed by atoms with E-state index in [-0.39, 0.29) is 36.6 Å². The number of benzene rings is 1. The zero-order valence-electron chi connectivity index (χ0n) is 16.0. The van der Waals surface area contributed by atoms with Gasteiger partial charge < -0.3 is 15.3 Å². The molecule has 1 aliphatic carbocycles. The fourth-order valence-electron chi connectivity index (χ4n) is 3.51. The molecule has 0 aromatic heterocycles. The molecule has 2 N–H and O–H groups in total. The molecule has 1 aliphatic rings. The zero-order chi connectivity index (χ0) is 19.6. The summed E-state index contributed by atoms with van der Waals surface area (Å²) in [5.74, 6) is -0.797. The second kappa shape index (κ2) is 10.7. The van der Waals surface area contributed by atoms with Crippen LogP contribution in [0.3, 0.4) is 0 Å². The Balaban J connectivity index is 1.90. The van der Waals surface area contributed by atoms with Crippen LogP contribution < -0.4 is 5.32 Å². The molecule has 2 rings (SSSR count). The van der Waals surface area contributed by atoms with E-state index in [0.29, 0.717) is 19.5 Å². The average Bonchev–Trinajstić information content (AvgIpc) is 3.16. The third-order valence-corrected chi connectivity index (χ3v) is 4.98. The van der Waals surface area contributed by atoms with E-state index in [1.54, 1.807) is 4.90 Å². The molecule has 0 saturated heterocycles. The van der Waals surface area contributed by atoms with E-state index in [4.69, 9.17) is 5.11 Å². The summed E-state index contributed by atoms with van der Waals surface area (Å²) in [5, 5.41) is 11.8. The minimum absolute atomic E-state index is 0.0343. The number of aliphatic carboxylic acids is 1. The van der Waals surface area contributed by atoms with Crippen LogP contribution in [0, 0.1) is 5.92 Å². The first-order valence-corrected chi connectivity index (χ1v) is 9.79. The van der Waals surface area contributed by atoms with Gasteiger partial charge in [-0.25, -0.2) is 0 Å². The molecule has 2 amide bonds. The SMILES string of the molecule is CC(CC(=O)N(CCCC(=O)O)Cc1ccccc1)NC(=O)C1CCCC1. The average molecular weight is 374 g/mol. The van der Waals surface area contributed by atoms with Gasteiger partial charge in [-0.05, 0) is 31.7 Å². The molecule has 0 bridgehead atoms. The summed E-state index contributed by atoms with van der Waals surface area (Å²) in [7, 11) is 0. The predicted molar refractivity (Wildman–Crippen MR) is 103 cm³/mol. The molecule has 6 nitrogen and oxygen atoms in total. The Morgan fingerprint density at radius 1 is 1.19 bits per heavy atom. The van der Waals surface area contributed by atoms with Gasteiger partial charge in [0, 0.05) is 37.9 Å². The molecule has 1 unspecified atom stereocenters. The number of hydrogen-bond donors (Lipinski definition) is 2. The van der Waals surface area contributed by atoms with Crippen molar-refractivity contribution in [2.24, 2.45) is 5.92 Å². The van der Waals surface area contributed by atoms with Gasteiger partial charge in [-0.15, -0.1) is 0 Å². The van der Waals surface area contributed by atoms with Gasteiger partial charge in [-0.1, -0.05) is 43.2 Å². The van der Waals surface area contributed by atoms with Crippen molar-refractivity contribution in [3.63, 3.8) is 0 Å². The number of carboxylic acids is 1. The Bertz CT molecular complexity index is 626. The van der Waals surface area contributed by atoms with Crippen LogP contribution in [-0.4, -0.2) is 40.4 Å². The minimum atomic E-state index is -0.862. The summed E-state index contributed by atoms with van der Waals surface area (Å²) in [5.41, 5.74) is 1.00. The van der Waals surface area contributed by atoms with Crippen LogP contribution >= 0.6 is 0 Å². The zero-order valence-corrected chi connectivity index (χ0v) is 16.0.